The fraction of sp³-hybridized carbons (Fsp3) is 0.250. The number of hydrogen-bond donors (Lipinski definition) is 2. The maximum Gasteiger partial charge on any atom is 0.422 e. The van der Waals surface area contributed by atoms with E-state index in [1.807, 2.05) is 0 Å². The van der Waals surface area contributed by atoms with Crippen molar-refractivity contribution in [1.82, 2.24) is 10.3 Å². The van der Waals surface area contributed by atoms with Crippen LogP contribution in [0.3, 0.4) is 0 Å². The van der Waals surface area contributed by atoms with E-state index in [1.165, 1.54) is 36.5 Å². The highest BCUT2D eigenvalue weighted by Crippen LogP contribution is 2.20. The number of urea groups is 1. The third kappa shape index (κ3) is 5.94. The Bertz CT molecular complexity index is 750. The van der Waals surface area contributed by atoms with Crippen LogP contribution < -0.4 is 15.4 Å². The van der Waals surface area contributed by atoms with Gasteiger partial charge >= 0.3 is 12.2 Å². The van der Waals surface area contributed by atoms with E-state index in [0.29, 0.717) is 11.3 Å². The zero-order chi connectivity index (χ0) is 18.4. The molecule has 0 unspecified atom stereocenters. The second-order valence-corrected chi connectivity index (χ2v) is 5.14. The van der Waals surface area contributed by atoms with Crippen molar-refractivity contribution in [3.05, 3.63) is 53.5 Å². The lowest BCUT2D eigenvalue weighted by molar-refractivity contribution is -0.154. The number of aromatic nitrogens is 1. The molecule has 2 N–H and O–H groups in total. The first-order valence-electron chi connectivity index (χ1n) is 7.19. The number of rotatable bonds is 5. The summed E-state index contributed by atoms with van der Waals surface area (Å²) in [6, 6.07) is 6.28. The quantitative estimate of drug-likeness (QED) is 0.801. The van der Waals surface area contributed by atoms with Gasteiger partial charge in [0.15, 0.2) is 6.61 Å². The second kappa shape index (κ2) is 7.82. The minimum Gasteiger partial charge on any atom is -0.468 e. The molecule has 134 valence electrons. The Hall–Kier alpha value is -2.84. The average Bonchev–Trinajstić information content (AvgIpc) is 2.53. The van der Waals surface area contributed by atoms with E-state index >= 15 is 0 Å². The number of alkyl halides is 3. The summed E-state index contributed by atoms with van der Waals surface area (Å²) < 4.78 is 54.4. The van der Waals surface area contributed by atoms with E-state index in [9.17, 15) is 22.4 Å². The standard InChI is InChI=1S/C16H15F4N3O2/c1-10-7-12(17)4-5-13(10)23-15(24)22-8-11-3-2-6-21-14(11)25-9-16(18,19)20/h2-7H,8-9H2,1H3,(H2,22,23,24). The molecule has 0 radical (unpaired) electrons. The van der Waals surface area contributed by atoms with Crippen LogP contribution in [0, 0.1) is 12.7 Å². The van der Waals surface area contributed by atoms with E-state index in [2.05, 4.69) is 20.4 Å². The fourth-order valence-electron chi connectivity index (χ4n) is 1.95. The molecule has 1 aromatic carbocycles. The Morgan fingerprint density at radius 2 is 2.04 bits per heavy atom. The molecule has 2 aromatic rings. The first-order chi connectivity index (χ1) is 11.7. The molecule has 0 aliphatic rings. The van der Waals surface area contributed by atoms with E-state index in [-0.39, 0.29) is 18.0 Å². The van der Waals surface area contributed by atoms with Gasteiger partial charge in [0.1, 0.15) is 5.82 Å². The number of hydrogen-bond acceptors (Lipinski definition) is 3. The predicted octanol–water partition coefficient (Wildman–Crippen LogP) is 3.79. The van der Waals surface area contributed by atoms with Crippen molar-refractivity contribution in [2.45, 2.75) is 19.6 Å². The van der Waals surface area contributed by atoms with Crippen LogP contribution in [0.2, 0.25) is 0 Å². The number of nitrogens with one attached hydrogen (secondary N) is 2. The summed E-state index contributed by atoms with van der Waals surface area (Å²) in [6.07, 6.45) is -3.20. The van der Waals surface area contributed by atoms with E-state index in [4.69, 9.17) is 0 Å². The summed E-state index contributed by atoms with van der Waals surface area (Å²) in [5.74, 6) is -0.636. The van der Waals surface area contributed by atoms with Crippen LogP contribution in [0.25, 0.3) is 0 Å². The molecule has 2 rings (SSSR count). The fourth-order valence-corrected chi connectivity index (χ4v) is 1.95. The van der Waals surface area contributed by atoms with Crippen LogP contribution in [0.5, 0.6) is 5.88 Å². The number of aryl methyl sites for hydroxylation is 1. The maximum absolute atomic E-state index is 13.0. The molecule has 0 fully saturated rings. The normalized spacial score (nSPS) is 11.1. The highest BCUT2D eigenvalue weighted by molar-refractivity contribution is 5.90. The molecule has 1 heterocycles. The summed E-state index contributed by atoms with van der Waals surface area (Å²) in [7, 11) is 0. The van der Waals surface area contributed by atoms with Gasteiger partial charge in [0.25, 0.3) is 0 Å². The molecule has 25 heavy (non-hydrogen) atoms. The zero-order valence-corrected chi connectivity index (χ0v) is 13.2. The molecule has 0 aliphatic carbocycles. The molecule has 2 amide bonds. The summed E-state index contributed by atoms with van der Waals surface area (Å²) in [5.41, 5.74) is 1.24. The number of pyridine rings is 1. The Morgan fingerprint density at radius 3 is 2.72 bits per heavy atom. The SMILES string of the molecule is Cc1cc(F)ccc1NC(=O)NCc1cccnc1OCC(F)(F)F. The lowest BCUT2D eigenvalue weighted by Crippen LogP contribution is -2.29. The van der Waals surface area contributed by atoms with Crippen LogP contribution in [-0.2, 0) is 6.54 Å². The second-order valence-electron chi connectivity index (χ2n) is 5.14. The van der Waals surface area contributed by atoms with Gasteiger partial charge in [-0.2, -0.15) is 13.2 Å². The van der Waals surface area contributed by atoms with Gasteiger partial charge in [0.05, 0.1) is 0 Å². The van der Waals surface area contributed by atoms with Gasteiger partial charge < -0.3 is 15.4 Å². The number of carbonyl (C=O) groups is 1. The summed E-state index contributed by atoms with van der Waals surface area (Å²) in [6.45, 7) is 0.0635. The van der Waals surface area contributed by atoms with Crippen molar-refractivity contribution in [3.8, 4) is 5.88 Å². The summed E-state index contributed by atoms with van der Waals surface area (Å²) >= 11 is 0. The minimum absolute atomic E-state index is 0.0902. The molecular weight excluding hydrogens is 342 g/mol. The van der Waals surface area contributed by atoms with Gasteiger partial charge in [-0.15, -0.1) is 0 Å². The lowest BCUT2D eigenvalue weighted by atomic mass is 10.2. The number of anilines is 1. The lowest BCUT2D eigenvalue weighted by Gasteiger charge is -2.13. The van der Waals surface area contributed by atoms with Crippen molar-refractivity contribution in [3.63, 3.8) is 0 Å². The summed E-state index contributed by atoms with van der Waals surface area (Å²) in [5, 5.41) is 5.01. The van der Waals surface area contributed by atoms with Crippen LogP contribution >= 0.6 is 0 Å². The zero-order valence-electron chi connectivity index (χ0n) is 13.2. The van der Waals surface area contributed by atoms with Crippen molar-refractivity contribution < 1.29 is 27.1 Å². The highest BCUT2D eigenvalue weighted by Gasteiger charge is 2.29. The van der Waals surface area contributed by atoms with Crippen molar-refractivity contribution in [2.24, 2.45) is 0 Å². The molecule has 5 nitrogen and oxygen atoms in total. The Kier molecular flexibility index (Phi) is 5.79. The molecule has 0 spiro atoms. The smallest absolute Gasteiger partial charge is 0.422 e. The van der Waals surface area contributed by atoms with Gasteiger partial charge in [0, 0.05) is 24.0 Å². The van der Waals surface area contributed by atoms with Gasteiger partial charge in [0.2, 0.25) is 5.88 Å². The number of ether oxygens (including phenoxy) is 1. The molecule has 1 aromatic heterocycles. The topological polar surface area (TPSA) is 63.2 Å². The van der Waals surface area contributed by atoms with Crippen LogP contribution in [-0.4, -0.2) is 23.8 Å². The number of halogens is 4. The molecular formula is C16H15F4N3O2. The first kappa shape index (κ1) is 18.5. The predicted molar refractivity (Wildman–Crippen MR) is 82.8 cm³/mol. The number of amides is 2. The van der Waals surface area contributed by atoms with Crippen LogP contribution in [0.15, 0.2) is 36.5 Å². The van der Waals surface area contributed by atoms with Gasteiger partial charge in [-0.3, -0.25) is 0 Å². The number of nitrogens with zero attached hydrogens (tertiary/aromatic N) is 1. The van der Waals surface area contributed by atoms with Gasteiger partial charge in [-0.25, -0.2) is 14.2 Å². The average molecular weight is 357 g/mol. The Balaban J connectivity index is 1.95. The van der Waals surface area contributed by atoms with Crippen molar-refractivity contribution in [2.75, 3.05) is 11.9 Å². The largest absolute Gasteiger partial charge is 0.468 e. The van der Waals surface area contributed by atoms with E-state index in [1.54, 1.807) is 6.92 Å². The maximum atomic E-state index is 13.0. The Labute approximate surface area is 141 Å². The molecule has 0 saturated carbocycles. The van der Waals surface area contributed by atoms with E-state index in [0.717, 1.165) is 0 Å². The van der Waals surface area contributed by atoms with Crippen molar-refractivity contribution in [1.29, 1.82) is 0 Å². The van der Waals surface area contributed by atoms with E-state index < -0.39 is 24.6 Å². The molecule has 0 aliphatic heterocycles. The number of carbonyl (C=O) groups excluding carboxylic acids is 1. The minimum atomic E-state index is -4.49. The molecule has 0 atom stereocenters. The van der Waals surface area contributed by atoms with Crippen molar-refractivity contribution >= 4 is 11.7 Å². The molecule has 9 heteroatoms. The molecule has 0 bridgehead atoms. The van der Waals surface area contributed by atoms with Crippen LogP contribution in [0.1, 0.15) is 11.1 Å². The monoisotopic (exact) mass is 357 g/mol. The Morgan fingerprint density at radius 1 is 1.28 bits per heavy atom. The van der Waals surface area contributed by atoms with Crippen LogP contribution in [0.4, 0.5) is 28.0 Å². The first-order valence-corrected chi connectivity index (χ1v) is 7.19. The third-order valence-electron chi connectivity index (χ3n) is 3.10. The third-order valence-corrected chi connectivity index (χ3v) is 3.10. The number of benzene rings is 1. The van der Waals surface area contributed by atoms with Gasteiger partial charge in [-0.05, 0) is 36.8 Å². The molecule has 0 saturated heterocycles. The van der Waals surface area contributed by atoms with Gasteiger partial charge in [-0.1, -0.05) is 6.07 Å². The highest BCUT2D eigenvalue weighted by atomic mass is 19.4. The summed E-state index contributed by atoms with van der Waals surface area (Å²) in [4.78, 5) is 15.6.